The molecule has 1 fully saturated rings. The first-order chi connectivity index (χ1) is 15.6. The third-order valence-corrected chi connectivity index (χ3v) is 5.19. The summed E-state index contributed by atoms with van der Waals surface area (Å²) in [6, 6.07) is 11.1. The molecule has 0 atom stereocenters. The summed E-state index contributed by atoms with van der Waals surface area (Å²) in [5, 5.41) is 2.72. The summed E-state index contributed by atoms with van der Waals surface area (Å²) < 4.78 is 5.59. The molecule has 32 heavy (non-hydrogen) atoms. The SMILES string of the molecule is CC(=O)N1CCN(c2ccc(OCC(=O)Nc3ccc(-c4cnccn4)cn3)cc2)CC1. The van der Waals surface area contributed by atoms with Crippen molar-refractivity contribution in [2.75, 3.05) is 43.0 Å². The zero-order valence-corrected chi connectivity index (χ0v) is 17.8. The highest BCUT2D eigenvalue weighted by Gasteiger charge is 2.18. The van der Waals surface area contributed by atoms with Gasteiger partial charge in [-0.25, -0.2) is 4.98 Å². The molecule has 3 aromatic rings. The van der Waals surface area contributed by atoms with E-state index in [9.17, 15) is 9.59 Å². The number of rotatable bonds is 6. The minimum absolute atomic E-state index is 0.114. The van der Waals surface area contributed by atoms with Gasteiger partial charge < -0.3 is 19.9 Å². The van der Waals surface area contributed by atoms with Crippen LogP contribution in [0.2, 0.25) is 0 Å². The molecule has 0 radical (unpaired) electrons. The molecule has 0 saturated carbocycles. The zero-order chi connectivity index (χ0) is 22.3. The second-order valence-electron chi connectivity index (χ2n) is 7.35. The third-order valence-electron chi connectivity index (χ3n) is 5.19. The summed E-state index contributed by atoms with van der Waals surface area (Å²) in [4.78, 5) is 40.2. The smallest absolute Gasteiger partial charge is 0.263 e. The van der Waals surface area contributed by atoms with Crippen molar-refractivity contribution in [3.05, 3.63) is 61.2 Å². The van der Waals surface area contributed by atoms with Gasteiger partial charge in [0.25, 0.3) is 5.91 Å². The fourth-order valence-electron chi connectivity index (χ4n) is 3.43. The average molecular weight is 432 g/mol. The number of hydrogen-bond acceptors (Lipinski definition) is 7. The van der Waals surface area contributed by atoms with E-state index in [0.717, 1.165) is 37.4 Å². The summed E-state index contributed by atoms with van der Waals surface area (Å²) >= 11 is 0. The molecular formula is C23H24N6O3. The number of nitrogens with zero attached hydrogens (tertiary/aromatic N) is 5. The normalized spacial score (nSPS) is 13.5. The Labute approximate surface area is 186 Å². The van der Waals surface area contributed by atoms with Gasteiger partial charge in [0.05, 0.1) is 11.9 Å². The monoisotopic (exact) mass is 432 g/mol. The Kier molecular flexibility index (Phi) is 6.54. The molecule has 1 saturated heterocycles. The van der Waals surface area contributed by atoms with E-state index in [1.165, 1.54) is 0 Å². The molecule has 1 aliphatic heterocycles. The Morgan fingerprint density at radius 2 is 1.75 bits per heavy atom. The Balaban J connectivity index is 1.25. The van der Waals surface area contributed by atoms with Crippen molar-refractivity contribution in [3.8, 4) is 17.0 Å². The Hall–Kier alpha value is -4.01. The van der Waals surface area contributed by atoms with Gasteiger partial charge in [0.15, 0.2) is 6.61 Å². The number of amides is 2. The van der Waals surface area contributed by atoms with Crippen LogP contribution in [-0.4, -0.2) is 64.5 Å². The lowest BCUT2D eigenvalue weighted by atomic mass is 10.2. The lowest BCUT2D eigenvalue weighted by Crippen LogP contribution is -2.48. The van der Waals surface area contributed by atoms with Crippen LogP contribution in [0.4, 0.5) is 11.5 Å². The molecule has 164 valence electrons. The quantitative estimate of drug-likeness (QED) is 0.637. The van der Waals surface area contributed by atoms with Crippen molar-refractivity contribution in [3.63, 3.8) is 0 Å². The van der Waals surface area contributed by atoms with Crippen LogP contribution < -0.4 is 15.0 Å². The summed E-state index contributed by atoms with van der Waals surface area (Å²) in [5.41, 5.74) is 2.60. The fourth-order valence-corrected chi connectivity index (χ4v) is 3.43. The number of piperazine rings is 1. The van der Waals surface area contributed by atoms with E-state index in [1.54, 1.807) is 37.8 Å². The second kappa shape index (κ2) is 9.86. The highest BCUT2D eigenvalue weighted by atomic mass is 16.5. The van der Waals surface area contributed by atoms with Gasteiger partial charge in [-0.05, 0) is 36.4 Å². The number of ether oxygens (including phenoxy) is 1. The molecule has 1 aromatic carbocycles. The minimum Gasteiger partial charge on any atom is -0.484 e. The number of nitrogens with one attached hydrogen (secondary N) is 1. The van der Waals surface area contributed by atoms with Gasteiger partial charge in [-0.15, -0.1) is 0 Å². The number of aromatic nitrogens is 3. The predicted octanol–water partition coefficient (Wildman–Crippen LogP) is 2.22. The van der Waals surface area contributed by atoms with Gasteiger partial charge >= 0.3 is 0 Å². The maximum Gasteiger partial charge on any atom is 0.263 e. The van der Waals surface area contributed by atoms with Gasteiger partial charge in [-0.1, -0.05) is 0 Å². The Morgan fingerprint density at radius 1 is 0.969 bits per heavy atom. The van der Waals surface area contributed by atoms with Crippen molar-refractivity contribution in [2.45, 2.75) is 6.92 Å². The van der Waals surface area contributed by atoms with Gasteiger partial charge in [-0.2, -0.15) is 0 Å². The molecule has 9 nitrogen and oxygen atoms in total. The van der Waals surface area contributed by atoms with Crippen LogP contribution >= 0.6 is 0 Å². The number of anilines is 2. The van der Waals surface area contributed by atoms with E-state index in [1.807, 2.05) is 35.2 Å². The first kappa shape index (κ1) is 21.2. The van der Waals surface area contributed by atoms with Crippen LogP contribution in [0.1, 0.15) is 6.92 Å². The van der Waals surface area contributed by atoms with Gasteiger partial charge in [0.1, 0.15) is 11.6 Å². The summed E-state index contributed by atoms with van der Waals surface area (Å²) in [7, 11) is 0. The summed E-state index contributed by atoms with van der Waals surface area (Å²) in [6.07, 6.45) is 6.51. The zero-order valence-electron chi connectivity index (χ0n) is 17.8. The largest absolute Gasteiger partial charge is 0.484 e. The molecule has 0 unspecified atom stereocenters. The van der Waals surface area contributed by atoms with E-state index in [-0.39, 0.29) is 18.4 Å². The molecule has 0 spiro atoms. The van der Waals surface area contributed by atoms with E-state index < -0.39 is 0 Å². The van der Waals surface area contributed by atoms with Crippen LogP contribution in [0.15, 0.2) is 61.2 Å². The molecular weight excluding hydrogens is 408 g/mol. The molecule has 0 aliphatic carbocycles. The number of benzene rings is 1. The molecule has 9 heteroatoms. The van der Waals surface area contributed by atoms with Crippen molar-refractivity contribution in [1.82, 2.24) is 19.9 Å². The highest BCUT2D eigenvalue weighted by Crippen LogP contribution is 2.21. The lowest BCUT2D eigenvalue weighted by molar-refractivity contribution is -0.129. The number of carbonyl (C=O) groups is 2. The Morgan fingerprint density at radius 3 is 2.38 bits per heavy atom. The molecule has 3 heterocycles. The number of hydrogen-bond donors (Lipinski definition) is 1. The molecule has 2 aromatic heterocycles. The van der Waals surface area contributed by atoms with Crippen molar-refractivity contribution in [1.29, 1.82) is 0 Å². The standard InChI is InChI=1S/C23H24N6O3/c1-17(30)28-10-12-29(13-11-28)19-3-5-20(6-4-19)32-16-23(31)27-22-7-2-18(14-26-22)21-15-24-8-9-25-21/h2-9,14-15H,10-13,16H2,1H3,(H,26,27,31). The molecule has 4 rings (SSSR count). The number of pyridine rings is 1. The number of carbonyl (C=O) groups excluding carboxylic acids is 2. The van der Waals surface area contributed by atoms with Gasteiger partial charge in [0.2, 0.25) is 5.91 Å². The second-order valence-corrected chi connectivity index (χ2v) is 7.35. The van der Waals surface area contributed by atoms with Crippen LogP contribution in [0.5, 0.6) is 5.75 Å². The van der Waals surface area contributed by atoms with Crippen molar-refractivity contribution >= 4 is 23.3 Å². The van der Waals surface area contributed by atoms with E-state index >= 15 is 0 Å². The summed E-state index contributed by atoms with van der Waals surface area (Å²) in [5.74, 6) is 0.862. The molecule has 2 amide bonds. The van der Waals surface area contributed by atoms with Crippen LogP contribution in [0, 0.1) is 0 Å². The fraction of sp³-hybridized carbons (Fsp3) is 0.261. The van der Waals surface area contributed by atoms with Crippen LogP contribution in [0.25, 0.3) is 11.3 Å². The first-order valence-electron chi connectivity index (χ1n) is 10.3. The van der Waals surface area contributed by atoms with Crippen molar-refractivity contribution in [2.24, 2.45) is 0 Å². The minimum atomic E-state index is -0.297. The van der Waals surface area contributed by atoms with Crippen LogP contribution in [0.3, 0.4) is 0 Å². The Bertz CT molecular complexity index is 1050. The van der Waals surface area contributed by atoms with Crippen LogP contribution in [-0.2, 0) is 9.59 Å². The van der Waals surface area contributed by atoms with Gasteiger partial charge in [-0.3, -0.25) is 19.6 Å². The first-order valence-corrected chi connectivity index (χ1v) is 10.3. The van der Waals surface area contributed by atoms with E-state index in [0.29, 0.717) is 17.3 Å². The maximum absolute atomic E-state index is 12.2. The maximum atomic E-state index is 12.2. The molecule has 0 bridgehead atoms. The topological polar surface area (TPSA) is 101 Å². The lowest BCUT2D eigenvalue weighted by Gasteiger charge is -2.35. The van der Waals surface area contributed by atoms with E-state index in [2.05, 4.69) is 25.2 Å². The average Bonchev–Trinajstić information content (AvgIpc) is 2.84. The third kappa shape index (κ3) is 5.37. The highest BCUT2D eigenvalue weighted by molar-refractivity contribution is 5.91. The molecule has 1 N–H and O–H groups in total. The van der Waals surface area contributed by atoms with E-state index in [4.69, 9.17) is 4.74 Å². The molecule has 1 aliphatic rings. The summed E-state index contributed by atoms with van der Waals surface area (Å²) in [6.45, 7) is 4.52. The van der Waals surface area contributed by atoms with Crippen molar-refractivity contribution < 1.29 is 14.3 Å². The van der Waals surface area contributed by atoms with Gasteiger partial charge in [0, 0.05) is 62.9 Å². The predicted molar refractivity (Wildman–Crippen MR) is 120 cm³/mol.